The molecular formula is C17H17N5O2. The molecule has 0 unspecified atom stereocenters. The Morgan fingerprint density at radius 2 is 2.00 bits per heavy atom. The quantitative estimate of drug-likeness (QED) is 0.633. The number of aromatic nitrogens is 1. The number of anilines is 1. The first-order chi connectivity index (χ1) is 11.7. The van der Waals surface area contributed by atoms with Gasteiger partial charge in [-0.25, -0.2) is 4.98 Å². The lowest BCUT2D eigenvalue weighted by Gasteiger charge is -2.35. The van der Waals surface area contributed by atoms with Gasteiger partial charge < -0.3 is 4.90 Å². The summed E-state index contributed by atoms with van der Waals surface area (Å²) in [5.41, 5.74) is 1.64. The van der Waals surface area contributed by atoms with Crippen LogP contribution in [0.25, 0.3) is 0 Å². The van der Waals surface area contributed by atoms with Gasteiger partial charge in [-0.1, -0.05) is 12.1 Å². The lowest BCUT2D eigenvalue weighted by molar-refractivity contribution is -0.384. The van der Waals surface area contributed by atoms with Gasteiger partial charge in [-0.3, -0.25) is 15.0 Å². The fraction of sp³-hybridized carbons (Fsp3) is 0.294. The Bertz CT molecular complexity index is 761. The Kier molecular flexibility index (Phi) is 4.68. The summed E-state index contributed by atoms with van der Waals surface area (Å²) < 4.78 is 0. The van der Waals surface area contributed by atoms with Gasteiger partial charge in [0.25, 0.3) is 5.69 Å². The molecule has 1 aromatic carbocycles. The zero-order chi connectivity index (χ0) is 16.9. The summed E-state index contributed by atoms with van der Waals surface area (Å²) in [6, 6.07) is 12.5. The van der Waals surface area contributed by atoms with E-state index in [9.17, 15) is 10.1 Å². The van der Waals surface area contributed by atoms with Crippen molar-refractivity contribution >= 4 is 11.5 Å². The smallest absolute Gasteiger partial charge is 0.269 e. The molecule has 1 saturated heterocycles. The van der Waals surface area contributed by atoms with Gasteiger partial charge >= 0.3 is 0 Å². The highest BCUT2D eigenvalue weighted by atomic mass is 16.6. The van der Waals surface area contributed by atoms with Crippen molar-refractivity contribution in [3.8, 4) is 6.07 Å². The topological polar surface area (TPSA) is 86.3 Å². The number of rotatable bonds is 4. The molecule has 3 rings (SSSR count). The average molecular weight is 323 g/mol. The van der Waals surface area contributed by atoms with Gasteiger partial charge in [0.05, 0.1) is 10.5 Å². The summed E-state index contributed by atoms with van der Waals surface area (Å²) in [4.78, 5) is 19.3. The number of nitriles is 1. The van der Waals surface area contributed by atoms with Crippen molar-refractivity contribution in [1.29, 1.82) is 5.26 Å². The minimum absolute atomic E-state index is 0.132. The predicted octanol–water partition coefficient (Wildman–Crippen LogP) is 2.18. The number of nitro benzene ring substituents is 1. The monoisotopic (exact) mass is 323 g/mol. The van der Waals surface area contributed by atoms with E-state index in [1.165, 1.54) is 6.07 Å². The van der Waals surface area contributed by atoms with Crippen LogP contribution in [0.5, 0.6) is 0 Å². The van der Waals surface area contributed by atoms with E-state index >= 15 is 0 Å². The molecule has 1 fully saturated rings. The van der Waals surface area contributed by atoms with Crippen molar-refractivity contribution in [3.05, 3.63) is 63.8 Å². The molecule has 1 aromatic heterocycles. The van der Waals surface area contributed by atoms with Crippen molar-refractivity contribution in [2.24, 2.45) is 0 Å². The summed E-state index contributed by atoms with van der Waals surface area (Å²) in [5, 5.41) is 19.7. The van der Waals surface area contributed by atoms with Gasteiger partial charge in [0, 0.05) is 51.1 Å². The molecule has 0 aliphatic carbocycles. The third-order valence-electron chi connectivity index (χ3n) is 4.10. The SMILES string of the molecule is N#Cc1ccc(N2CCN(Cc3cccc([N+](=O)[O-])c3)CC2)nc1. The van der Waals surface area contributed by atoms with Gasteiger partial charge in [0.2, 0.25) is 0 Å². The Morgan fingerprint density at radius 1 is 1.21 bits per heavy atom. The predicted molar refractivity (Wildman–Crippen MR) is 89.5 cm³/mol. The van der Waals surface area contributed by atoms with Crippen LogP contribution in [0.1, 0.15) is 11.1 Å². The Hall–Kier alpha value is -2.98. The average Bonchev–Trinajstić information content (AvgIpc) is 2.63. The van der Waals surface area contributed by atoms with E-state index in [-0.39, 0.29) is 10.6 Å². The van der Waals surface area contributed by atoms with Crippen LogP contribution < -0.4 is 4.90 Å². The highest BCUT2D eigenvalue weighted by molar-refractivity contribution is 5.42. The number of piperazine rings is 1. The molecule has 0 bridgehead atoms. The normalized spacial score (nSPS) is 15.0. The molecule has 0 spiro atoms. The fourth-order valence-electron chi connectivity index (χ4n) is 2.80. The van der Waals surface area contributed by atoms with Crippen LogP contribution >= 0.6 is 0 Å². The van der Waals surface area contributed by atoms with Crippen LogP contribution in [0.15, 0.2) is 42.6 Å². The number of hydrogen-bond donors (Lipinski definition) is 0. The van der Waals surface area contributed by atoms with Crippen molar-refractivity contribution in [2.75, 3.05) is 31.1 Å². The number of pyridine rings is 1. The highest BCUT2D eigenvalue weighted by Crippen LogP contribution is 2.18. The zero-order valence-electron chi connectivity index (χ0n) is 13.1. The second-order valence-corrected chi connectivity index (χ2v) is 5.71. The van der Waals surface area contributed by atoms with Gasteiger partial charge in [-0.2, -0.15) is 5.26 Å². The van der Waals surface area contributed by atoms with E-state index in [0.717, 1.165) is 37.6 Å². The first-order valence-corrected chi connectivity index (χ1v) is 7.72. The molecule has 0 radical (unpaired) electrons. The van der Waals surface area contributed by atoms with Crippen molar-refractivity contribution < 1.29 is 4.92 Å². The molecule has 0 amide bonds. The molecule has 1 aliphatic heterocycles. The van der Waals surface area contributed by atoms with Crippen LogP contribution in [-0.4, -0.2) is 41.0 Å². The summed E-state index contributed by atoms with van der Waals surface area (Å²) in [6.45, 7) is 4.12. The minimum Gasteiger partial charge on any atom is -0.354 e. The molecule has 122 valence electrons. The largest absolute Gasteiger partial charge is 0.354 e. The van der Waals surface area contributed by atoms with E-state index in [1.54, 1.807) is 24.4 Å². The van der Waals surface area contributed by atoms with Crippen LogP contribution in [0.4, 0.5) is 11.5 Å². The lowest BCUT2D eigenvalue weighted by atomic mass is 10.1. The van der Waals surface area contributed by atoms with Crippen LogP contribution in [0.2, 0.25) is 0 Å². The third-order valence-corrected chi connectivity index (χ3v) is 4.10. The van der Waals surface area contributed by atoms with E-state index in [2.05, 4.69) is 20.9 Å². The molecule has 0 atom stereocenters. The van der Waals surface area contributed by atoms with Crippen molar-refractivity contribution in [1.82, 2.24) is 9.88 Å². The Labute approximate surface area is 139 Å². The molecule has 2 heterocycles. The molecule has 24 heavy (non-hydrogen) atoms. The molecule has 7 nitrogen and oxygen atoms in total. The first-order valence-electron chi connectivity index (χ1n) is 7.72. The molecule has 2 aromatic rings. The number of nitrogens with zero attached hydrogens (tertiary/aromatic N) is 5. The minimum atomic E-state index is -0.363. The Morgan fingerprint density at radius 3 is 2.62 bits per heavy atom. The van der Waals surface area contributed by atoms with E-state index < -0.39 is 0 Å². The van der Waals surface area contributed by atoms with Crippen molar-refractivity contribution in [2.45, 2.75) is 6.54 Å². The van der Waals surface area contributed by atoms with Crippen LogP contribution in [-0.2, 0) is 6.54 Å². The number of hydrogen-bond acceptors (Lipinski definition) is 6. The van der Waals surface area contributed by atoms with E-state index in [4.69, 9.17) is 5.26 Å². The number of non-ortho nitro benzene ring substituents is 1. The number of benzene rings is 1. The molecular weight excluding hydrogens is 306 g/mol. The fourth-order valence-corrected chi connectivity index (χ4v) is 2.80. The third kappa shape index (κ3) is 3.67. The maximum atomic E-state index is 10.8. The molecule has 0 N–H and O–H groups in total. The van der Waals surface area contributed by atoms with Gasteiger partial charge in [0.15, 0.2) is 0 Å². The van der Waals surface area contributed by atoms with Gasteiger partial charge in [-0.15, -0.1) is 0 Å². The second kappa shape index (κ2) is 7.06. The first kappa shape index (κ1) is 15.9. The highest BCUT2D eigenvalue weighted by Gasteiger charge is 2.18. The Balaban J connectivity index is 1.58. The van der Waals surface area contributed by atoms with Gasteiger partial charge in [0.1, 0.15) is 11.9 Å². The summed E-state index contributed by atoms with van der Waals surface area (Å²) in [6.07, 6.45) is 1.59. The van der Waals surface area contributed by atoms with E-state index in [0.29, 0.717) is 12.1 Å². The number of nitro groups is 1. The summed E-state index contributed by atoms with van der Waals surface area (Å²) in [7, 11) is 0. The molecule has 1 aliphatic rings. The lowest BCUT2D eigenvalue weighted by Crippen LogP contribution is -2.46. The maximum absolute atomic E-state index is 10.8. The molecule has 7 heteroatoms. The maximum Gasteiger partial charge on any atom is 0.269 e. The van der Waals surface area contributed by atoms with E-state index in [1.807, 2.05) is 12.1 Å². The van der Waals surface area contributed by atoms with Crippen molar-refractivity contribution in [3.63, 3.8) is 0 Å². The summed E-state index contributed by atoms with van der Waals surface area (Å²) >= 11 is 0. The second-order valence-electron chi connectivity index (χ2n) is 5.71. The van der Waals surface area contributed by atoms with Crippen LogP contribution in [0.3, 0.4) is 0 Å². The summed E-state index contributed by atoms with van der Waals surface area (Å²) in [5.74, 6) is 0.879. The van der Waals surface area contributed by atoms with Gasteiger partial charge in [-0.05, 0) is 17.7 Å². The zero-order valence-corrected chi connectivity index (χ0v) is 13.1. The standard InChI is InChI=1S/C17H17N5O2/c18-11-15-4-5-17(19-12-15)21-8-6-20(7-9-21)13-14-2-1-3-16(10-14)22(23)24/h1-5,10,12H,6-9,13H2. The van der Waals surface area contributed by atoms with Crippen LogP contribution in [0, 0.1) is 21.4 Å². The molecule has 0 saturated carbocycles.